The molecule has 2 heterocycles. The Morgan fingerprint density at radius 2 is 2.00 bits per heavy atom. The molecule has 128 valence electrons. The van der Waals surface area contributed by atoms with E-state index in [2.05, 4.69) is 9.82 Å². The van der Waals surface area contributed by atoms with E-state index < -0.39 is 10.0 Å². The summed E-state index contributed by atoms with van der Waals surface area (Å²) in [5.41, 5.74) is 3.54. The van der Waals surface area contributed by atoms with Gasteiger partial charge in [0.2, 0.25) is 5.91 Å². The van der Waals surface area contributed by atoms with Crippen LogP contribution in [0.1, 0.15) is 23.9 Å². The van der Waals surface area contributed by atoms with Crippen molar-refractivity contribution >= 4 is 27.3 Å². The highest BCUT2D eigenvalue weighted by Crippen LogP contribution is 2.31. The van der Waals surface area contributed by atoms with E-state index in [1.165, 1.54) is 13.0 Å². The van der Waals surface area contributed by atoms with E-state index in [4.69, 9.17) is 0 Å². The maximum atomic E-state index is 12.7. The maximum Gasteiger partial charge on any atom is 0.262 e. The van der Waals surface area contributed by atoms with Crippen LogP contribution in [0, 0.1) is 13.8 Å². The van der Waals surface area contributed by atoms with Gasteiger partial charge in [-0.05, 0) is 44.0 Å². The number of nitrogens with zero attached hydrogens (tertiary/aromatic N) is 3. The third-order valence-corrected chi connectivity index (χ3v) is 5.73. The summed E-state index contributed by atoms with van der Waals surface area (Å²) in [5.74, 6) is -0.0379. The first-order valence-electron chi connectivity index (χ1n) is 7.65. The number of amides is 1. The van der Waals surface area contributed by atoms with Crippen molar-refractivity contribution in [2.75, 3.05) is 16.2 Å². The normalized spacial score (nSPS) is 13.9. The van der Waals surface area contributed by atoms with Crippen LogP contribution in [0.15, 0.2) is 23.1 Å². The minimum Gasteiger partial charge on any atom is -0.312 e. The number of nitrogens with one attached hydrogen (secondary N) is 1. The van der Waals surface area contributed by atoms with Crippen LogP contribution in [0.4, 0.5) is 11.4 Å². The van der Waals surface area contributed by atoms with Gasteiger partial charge < -0.3 is 4.90 Å². The molecule has 2 aromatic rings. The molecule has 3 rings (SSSR count). The Labute approximate surface area is 141 Å². The molecule has 1 amide bonds. The van der Waals surface area contributed by atoms with Gasteiger partial charge in [0.25, 0.3) is 10.0 Å². The van der Waals surface area contributed by atoms with Crippen molar-refractivity contribution < 1.29 is 13.2 Å². The average Bonchev–Trinajstić information content (AvgIpc) is 3.03. The fraction of sp³-hybridized carbons (Fsp3) is 0.375. The molecule has 1 N–H and O–H groups in total. The smallest absolute Gasteiger partial charge is 0.262 e. The van der Waals surface area contributed by atoms with Crippen molar-refractivity contribution in [2.24, 2.45) is 7.05 Å². The second kappa shape index (κ2) is 5.62. The zero-order valence-corrected chi connectivity index (χ0v) is 14.9. The Morgan fingerprint density at radius 3 is 2.58 bits per heavy atom. The van der Waals surface area contributed by atoms with E-state index >= 15 is 0 Å². The number of fused-ring (bicyclic) bond motifs is 1. The molecular weight excluding hydrogens is 328 g/mol. The SMILES string of the molecule is CC(=O)N1CCc2cc(S(=O)(=O)Nc3c(C)nn(C)c3C)ccc21. The minimum absolute atomic E-state index is 0.0379. The number of aryl methyl sites for hydroxylation is 2. The Balaban J connectivity index is 1.95. The highest BCUT2D eigenvalue weighted by molar-refractivity contribution is 7.92. The molecule has 0 unspecified atom stereocenters. The molecule has 1 aromatic heterocycles. The largest absolute Gasteiger partial charge is 0.312 e. The lowest BCUT2D eigenvalue weighted by molar-refractivity contribution is -0.116. The van der Waals surface area contributed by atoms with E-state index in [0.29, 0.717) is 24.3 Å². The fourth-order valence-electron chi connectivity index (χ4n) is 2.99. The molecule has 0 fully saturated rings. The third-order valence-electron chi connectivity index (χ3n) is 4.38. The van der Waals surface area contributed by atoms with E-state index in [9.17, 15) is 13.2 Å². The molecule has 0 bridgehead atoms. The van der Waals surface area contributed by atoms with Crippen LogP contribution in [0.25, 0.3) is 0 Å². The van der Waals surface area contributed by atoms with Crippen molar-refractivity contribution in [1.82, 2.24) is 9.78 Å². The van der Waals surface area contributed by atoms with Gasteiger partial charge in [-0.25, -0.2) is 8.42 Å². The van der Waals surface area contributed by atoms with Gasteiger partial charge in [-0.3, -0.25) is 14.2 Å². The lowest BCUT2D eigenvalue weighted by atomic mass is 10.2. The summed E-state index contributed by atoms with van der Waals surface area (Å²) in [7, 11) is -1.94. The molecule has 0 radical (unpaired) electrons. The number of benzene rings is 1. The van der Waals surface area contributed by atoms with Gasteiger partial charge in [-0.15, -0.1) is 0 Å². The van der Waals surface area contributed by atoms with Crippen LogP contribution in [0.2, 0.25) is 0 Å². The molecule has 0 aliphatic carbocycles. The van der Waals surface area contributed by atoms with Gasteiger partial charge in [0.1, 0.15) is 0 Å². The van der Waals surface area contributed by atoms with Gasteiger partial charge in [0.05, 0.1) is 22.0 Å². The second-order valence-corrected chi connectivity index (χ2v) is 7.67. The molecule has 1 aliphatic heterocycles. The van der Waals surface area contributed by atoms with Gasteiger partial charge in [0, 0.05) is 26.2 Å². The first kappa shape index (κ1) is 16.5. The number of hydrogen-bond acceptors (Lipinski definition) is 4. The summed E-state index contributed by atoms with van der Waals surface area (Å²) in [6, 6.07) is 4.87. The molecule has 8 heteroatoms. The molecule has 0 saturated heterocycles. The van der Waals surface area contributed by atoms with Gasteiger partial charge in [0.15, 0.2) is 0 Å². The average molecular weight is 348 g/mol. The van der Waals surface area contributed by atoms with Crippen molar-refractivity contribution in [3.05, 3.63) is 35.2 Å². The molecule has 0 saturated carbocycles. The van der Waals surface area contributed by atoms with Crippen LogP contribution < -0.4 is 9.62 Å². The van der Waals surface area contributed by atoms with Crippen molar-refractivity contribution in [2.45, 2.75) is 32.1 Å². The maximum absolute atomic E-state index is 12.7. The number of rotatable bonds is 3. The van der Waals surface area contributed by atoms with Crippen LogP contribution in [-0.2, 0) is 28.3 Å². The molecule has 1 aromatic carbocycles. The number of anilines is 2. The number of sulfonamides is 1. The number of carbonyl (C=O) groups excluding carboxylic acids is 1. The highest BCUT2D eigenvalue weighted by Gasteiger charge is 2.25. The third kappa shape index (κ3) is 2.66. The Kier molecular flexibility index (Phi) is 3.87. The van der Waals surface area contributed by atoms with Crippen molar-refractivity contribution in [3.63, 3.8) is 0 Å². The lowest BCUT2D eigenvalue weighted by Gasteiger charge is -2.15. The topological polar surface area (TPSA) is 84.3 Å². The summed E-state index contributed by atoms with van der Waals surface area (Å²) in [4.78, 5) is 13.4. The first-order valence-corrected chi connectivity index (χ1v) is 9.13. The summed E-state index contributed by atoms with van der Waals surface area (Å²) < 4.78 is 29.7. The summed E-state index contributed by atoms with van der Waals surface area (Å²) >= 11 is 0. The van der Waals surface area contributed by atoms with E-state index in [1.54, 1.807) is 35.7 Å². The number of hydrogen-bond donors (Lipinski definition) is 1. The van der Waals surface area contributed by atoms with Crippen LogP contribution >= 0.6 is 0 Å². The molecule has 7 nitrogen and oxygen atoms in total. The van der Waals surface area contributed by atoms with Crippen molar-refractivity contribution in [3.8, 4) is 0 Å². The van der Waals surface area contributed by atoms with Crippen LogP contribution in [0.3, 0.4) is 0 Å². The fourth-order valence-corrected chi connectivity index (χ4v) is 4.21. The van der Waals surface area contributed by atoms with Gasteiger partial charge in [-0.1, -0.05) is 0 Å². The minimum atomic E-state index is -3.71. The molecule has 1 aliphatic rings. The van der Waals surface area contributed by atoms with Crippen molar-refractivity contribution in [1.29, 1.82) is 0 Å². The monoisotopic (exact) mass is 348 g/mol. The predicted molar refractivity (Wildman–Crippen MR) is 91.7 cm³/mol. The molecular formula is C16H20N4O3S. The van der Waals surface area contributed by atoms with E-state index in [0.717, 1.165) is 16.9 Å². The number of aromatic nitrogens is 2. The summed E-state index contributed by atoms with van der Waals surface area (Å²) in [5, 5.41) is 4.22. The second-order valence-electron chi connectivity index (χ2n) is 5.99. The Hall–Kier alpha value is -2.35. The van der Waals surface area contributed by atoms with E-state index in [-0.39, 0.29) is 10.8 Å². The standard InChI is InChI=1S/C16H20N4O3S/c1-10-16(11(2)19(4)17-10)18-24(22,23)14-5-6-15-13(9-14)7-8-20(15)12(3)21/h5-6,9,18H,7-8H2,1-4H3. The number of carbonyl (C=O) groups is 1. The van der Waals surface area contributed by atoms with Crippen LogP contribution in [0.5, 0.6) is 0 Å². The van der Waals surface area contributed by atoms with E-state index in [1.807, 2.05) is 6.92 Å². The molecule has 0 spiro atoms. The lowest BCUT2D eigenvalue weighted by Crippen LogP contribution is -2.25. The zero-order valence-electron chi connectivity index (χ0n) is 14.1. The molecule has 0 atom stereocenters. The Bertz CT molecular complexity index is 931. The van der Waals surface area contributed by atoms with Gasteiger partial charge in [-0.2, -0.15) is 5.10 Å². The van der Waals surface area contributed by atoms with Gasteiger partial charge >= 0.3 is 0 Å². The first-order chi connectivity index (χ1) is 11.2. The highest BCUT2D eigenvalue weighted by atomic mass is 32.2. The molecule has 24 heavy (non-hydrogen) atoms. The van der Waals surface area contributed by atoms with Crippen LogP contribution in [-0.4, -0.2) is 30.7 Å². The predicted octanol–water partition coefficient (Wildman–Crippen LogP) is 1.75. The quantitative estimate of drug-likeness (QED) is 0.916. The summed E-state index contributed by atoms with van der Waals surface area (Å²) in [6.45, 7) is 5.67. The Morgan fingerprint density at radius 1 is 1.29 bits per heavy atom. The zero-order chi connectivity index (χ0) is 17.6. The summed E-state index contributed by atoms with van der Waals surface area (Å²) in [6.07, 6.45) is 0.656.